The minimum atomic E-state index is -0.263. The predicted octanol–water partition coefficient (Wildman–Crippen LogP) is 4.72. The number of nitrogens with two attached hydrogens (primary N) is 1. The summed E-state index contributed by atoms with van der Waals surface area (Å²) in [5.41, 5.74) is 9.39. The number of benzene rings is 2. The molecule has 0 bridgehead atoms. The van der Waals surface area contributed by atoms with Gasteiger partial charge in [0.2, 0.25) is 0 Å². The maximum atomic E-state index is 13.0. The van der Waals surface area contributed by atoms with E-state index < -0.39 is 0 Å². The van der Waals surface area contributed by atoms with E-state index in [-0.39, 0.29) is 5.82 Å². The van der Waals surface area contributed by atoms with Crippen molar-refractivity contribution >= 4 is 33.2 Å². The first-order chi connectivity index (χ1) is 8.47. The molecule has 0 aliphatic rings. The number of nitrogen functional groups attached to an aromatic ring is 1. The van der Waals surface area contributed by atoms with Crippen LogP contribution >= 0.6 is 27.5 Å². The van der Waals surface area contributed by atoms with Gasteiger partial charge in [-0.3, -0.25) is 0 Å². The first kappa shape index (κ1) is 13.4. The number of hydrogen-bond donors (Lipinski definition) is 1. The molecule has 0 unspecified atom stereocenters. The lowest BCUT2D eigenvalue weighted by Crippen LogP contribution is -1.96. The van der Waals surface area contributed by atoms with Gasteiger partial charge in [-0.1, -0.05) is 39.7 Å². The molecule has 0 amide bonds. The summed E-state index contributed by atoms with van der Waals surface area (Å²) in [7, 11) is 0. The van der Waals surface area contributed by atoms with Gasteiger partial charge < -0.3 is 5.73 Å². The molecule has 0 heterocycles. The highest BCUT2D eigenvalue weighted by Gasteiger charge is 2.09. The zero-order chi connectivity index (χ0) is 13.3. The Kier molecular flexibility index (Phi) is 3.93. The van der Waals surface area contributed by atoms with Gasteiger partial charge in [0.1, 0.15) is 5.82 Å². The fourth-order valence-electron chi connectivity index (χ4n) is 1.87. The largest absolute Gasteiger partial charge is 0.398 e. The highest BCUT2D eigenvalue weighted by molar-refractivity contribution is 9.10. The number of hydrogen-bond acceptors (Lipinski definition) is 1. The summed E-state index contributed by atoms with van der Waals surface area (Å²) in [5.74, 6) is -0.263. The molecule has 2 rings (SSSR count). The second kappa shape index (κ2) is 5.29. The molecule has 0 aromatic heterocycles. The van der Waals surface area contributed by atoms with Crippen LogP contribution < -0.4 is 5.73 Å². The van der Waals surface area contributed by atoms with E-state index in [2.05, 4.69) is 15.9 Å². The van der Waals surface area contributed by atoms with E-state index in [0.717, 1.165) is 21.2 Å². The monoisotopic (exact) mass is 327 g/mol. The standard InChI is InChI=1S/C14H12BrClFN/c1-8-4-10(14(16)13(18)5-8)6-9-2-3-11(17)7-12(9)15/h2-5,7H,6,18H2,1H3. The van der Waals surface area contributed by atoms with Crippen molar-refractivity contribution in [2.75, 3.05) is 5.73 Å². The van der Waals surface area contributed by atoms with Crippen molar-refractivity contribution in [2.24, 2.45) is 0 Å². The molecule has 4 heteroatoms. The molecule has 18 heavy (non-hydrogen) atoms. The van der Waals surface area contributed by atoms with Crippen molar-refractivity contribution in [3.63, 3.8) is 0 Å². The molecule has 1 nitrogen and oxygen atoms in total. The fourth-order valence-corrected chi connectivity index (χ4v) is 2.54. The molecule has 2 N–H and O–H groups in total. The Morgan fingerprint density at radius 2 is 1.94 bits per heavy atom. The quantitative estimate of drug-likeness (QED) is 0.793. The Labute approximate surface area is 119 Å². The number of aryl methyl sites for hydroxylation is 1. The van der Waals surface area contributed by atoms with Crippen LogP contribution in [0.2, 0.25) is 5.02 Å². The Balaban J connectivity index is 2.40. The maximum Gasteiger partial charge on any atom is 0.124 e. The highest BCUT2D eigenvalue weighted by atomic mass is 79.9. The number of halogens is 3. The van der Waals surface area contributed by atoms with Crippen LogP contribution in [0.1, 0.15) is 16.7 Å². The van der Waals surface area contributed by atoms with Gasteiger partial charge in [0, 0.05) is 10.9 Å². The molecule has 2 aromatic carbocycles. The van der Waals surface area contributed by atoms with Crippen LogP contribution in [-0.4, -0.2) is 0 Å². The van der Waals surface area contributed by atoms with E-state index in [1.165, 1.54) is 12.1 Å². The van der Waals surface area contributed by atoms with Gasteiger partial charge in [0.25, 0.3) is 0 Å². The average Bonchev–Trinajstić information content (AvgIpc) is 2.29. The number of rotatable bonds is 2. The molecule has 0 radical (unpaired) electrons. The van der Waals surface area contributed by atoms with Gasteiger partial charge in [-0.05, 0) is 41.8 Å². The number of anilines is 1. The van der Waals surface area contributed by atoms with Crippen LogP contribution in [-0.2, 0) is 6.42 Å². The van der Waals surface area contributed by atoms with Crippen LogP contribution in [0.25, 0.3) is 0 Å². The Bertz CT molecular complexity index is 599. The smallest absolute Gasteiger partial charge is 0.124 e. The zero-order valence-corrected chi connectivity index (χ0v) is 12.1. The maximum absolute atomic E-state index is 13.0. The van der Waals surface area contributed by atoms with Crippen LogP contribution in [0.4, 0.5) is 10.1 Å². The van der Waals surface area contributed by atoms with Crippen molar-refractivity contribution in [1.82, 2.24) is 0 Å². The van der Waals surface area contributed by atoms with Gasteiger partial charge in [-0.2, -0.15) is 0 Å². The Morgan fingerprint density at radius 3 is 2.61 bits per heavy atom. The van der Waals surface area contributed by atoms with E-state index in [1.807, 2.05) is 19.1 Å². The SMILES string of the molecule is Cc1cc(N)c(Cl)c(Cc2ccc(F)cc2Br)c1. The summed E-state index contributed by atoms with van der Waals surface area (Å²) in [6.07, 6.45) is 0.617. The molecule has 0 saturated heterocycles. The summed E-state index contributed by atoms with van der Waals surface area (Å²) in [4.78, 5) is 0. The summed E-state index contributed by atoms with van der Waals surface area (Å²) < 4.78 is 13.8. The van der Waals surface area contributed by atoms with Gasteiger partial charge in [0.15, 0.2) is 0 Å². The van der Waals surface area contributed by atoms with Crippen molar-refractivity contribution in [1.29, 1.82) is 0 Å². The molecule has 2 aromatic rings. The van der Waals surface area contributed by atoms with E-state index in [0.29, 0.717) is 17.1 Å². The van der Waals surface area contributed by atoms with Crippen molar-refractivity contribution in [3.05, 3.63) is 62.3 Å². The van der Waals surface area contributed by atoms with Crippen LogP contribution in [0.3, 0.4) is 0 Å². The van der Waals surface area contributed by atoms with E-state index >= 15 is 0 Å². The van der Waals surface area contributed by atoms with Crippen molar-refractivity contribution in [2.45, 2.75) is 13.3 Å². The van der Waals surface area contributed by atoms with Gasteiger partial charge >= 0.3 is 0 Å². The normalized spacial score (nSPS) is 10.7. The summed E-state index contributed by atoms with van der Waals surface area (Å²) >= 11 is 9.54. The Hall–Kier alpha value is -1.06. The molecule has 0 saturated carbocycles. The highest BCUT2D eigenvalue weighted by Crippen LogP contribution is 2.29. The van der Waals surface area contributed by atoms with Gasteiger partial charge in [-0.15, -0.1) is 0 Å². The van der Waals surface area contributed by atoms with Crippen molar-refractivity contribution in [3.8, 4) is 0 Å². The van der Waals surface area contributed by atoms with Crippen LogP contribution in [0.15, 0.2) is 34.8 Å². The predicted molar refractivity (Wildman–Crippen MR) is 77.5 cm³/mol. The Morgan fingerprint density at radius 1 is 1.22 bits per heavy atom. The average molecular weight is 329 g/mol. The third-order valence-corrected chi connectivity index (χ3v) is 3.92. The molecule has 94 valence electrons. The summed E-state index contributed by atoms with van der Waals surface area (Å²) in [5, 5.41) is 0.567. The van der Waals surface area contributed by atoms with E-state index in [4.69, 9.17) is 17.3 Å². The molecule has 0 aliphatic carbocycles. The van der Waals surface area contributed by atoms with E-state index in [1.54, 1.807) is 6.07 Å². The van der Waals surface area contributed by atoms with Crippen LogP contribution in [0, 0.1) is 12.7 Å². The van der Waals surface area contributed by atoms with Crippen LogP contribution in [0.5, 0.6) is 0 Å². The first-order valence-corrected chi connectivity index (χ1v) is 6.63. The third-order valence-electron chi connectivity index (χ3n) is 2.72. The lowest BCUT2D eigenvalue weighted by atomic mass is 10.0. The topological polar surface area (TPSA) is 26.0 Å². The van der Waals surface area contributed by atoms with Gasteiger partial charge in [-0.25, -0.2) is 4.39 Å². The molecule has 0 spiro atoms. The fraction of sp³-hybridized carbons (Fsp3) is 0.143. The molecule has 0 atom stereocenters. The minimum Gasteiger partial charge on any atom is -0.398 e. The summed E-state index contributed by atoms with van der Waals surface area (Å²) in [6.45, 7) is 1.97. The van der Waals surface area contributed by atoms with Crippen molar-refractivity contribution < 1.29 is 4.39 Å². The molecular weight excluding hydrogens is 317 g/mol. The third kappa shape index (κ3) is 2.85. The molecular formula is C14H12BrClFN. The minimum absolute atomic E-state index is 0.263. The second-order valence-electron chi connectivity index (χ2n) is 4.24. The lowest BCUT2D eigenvalue weighted by Gasteiger charge is -2.10. The lowest BCUT2D eigenvalue weighted by molar-refractivity contribution is 0.626. The van der Waals surface area contributed by atoms with Gasteiger partial charge in [0.05, 0.1) is 10.7 Å². The zero-order valence-electron chi connectivity index (χ0n) is 9.81. The first-order valence-electron chi connectivity index (χ1n) is 5.46. The summed E-state index contributed by atoms with van der Waals surface area (Å²) in [6, 6.07) is 8.46. The second-order valence-corrected chi connectivity index (χ2v) is 5.47. The molecule has 0 aliphatic heterocycles. The van der Waals surface area contributed by atoms with E-state index in [9.17, 15) is 4.39 Å². The molecule has 0 fully saturated rings.